The Bertz CT molecular complexity index is 1440. The predicted octanol–water partition coefficient (Wildman–Crippen LogP) is 1.78. The molecule has 0 fully saturated rings. The molecule has 16 nitrogen and oxygen atoms in total. The lowest BCUT2D eigenvalue weighted by Crippen LogP contribution is -2.28. The van der Waals surface area contributed by atoms with E-state index in [9.17, 15) is 19.2 Å². The number of aromatic nitrogens is 4. The quantitative estimate of drug-likeness (QED) is 0.146. The third-order valence-corrected chi connectivity index (χ3v) is 6.08. The van der Waals surface area contributed by atoms with Gasteiger partial charge in [0.05, 0.1) is 67.0 Å². The van der Waals surface area contributed by atoms with Crippen molar-refractivity contribution in [1.29, 1.82) is 0 Å². The van der Waals surface area contributed by atoms with Gasteiger partial charge in [0.1, 0.15) is 17.8 Å². The summed E-state index contributed by atoms with van der Waals surface area (Å²) in [6, 6.07) is 13.1. The fourth-order valence-electron chi connectivity index (χ4n) is 4.06. The number of nitrogens with zero attached hydrogens (tertiary/aromatic N) is 4. The van der Waals surface area contributed by atoms with Crippen molar-refractivity contribution < 1.29 is 19.2 Å². The van der Waals surface area contributed by atoms with E-state index in [2.05, 4.69) is 62.5 Å². The van der Waals surface area contributed by atoms with Crippen LogP contribution in [0.25, 0.3) is 0 Å². The van der Waals surface area contributed by atoms with Crippen LogP contribution in [0.15, 0.2) is 73.6 Å². The summed E-state index contributed by atoms with van der Waals surface area (Å²) in [4.78, 5) is 58.9. The monoisotopic (exact) mass is 596 g/mol. The Balaban J connectivity index is 0.000000116. The predicted molar refractivity (Wildman–Crippen MR) is 165 cm³/mol. The van der Waals surface area contributed by atoms with Gasteiger partial charge in [-0.25, -0.2) is 15.0 Å². The van der Waals surface area contributed by atoms with E-state index in [-0.39, 0.29) is 30.2 Å². The summed E-state index contributed by atoms with van der Waals surface area (Å²) in [5.74, 6) is 1.33. The van der Waals surface area contributed by atoms with E-state index >= 15 is 0 Å². The van der Waals surface area contributed by atoms with E-state index in [0.29, 0.717) is 31.1 Å². The second kappa shape index (κ2) is 14.0. The average Bonchev–Trinajstić information content (AvgIpc) is 3.05. The molecule has 7 heterocycles. The molecule has 4 aliphatic heterocycles. The van der Waals surface area contributed by atoms with E-state index < -0.39 is 0 Å². The van der Waals surface area contributed by atoms with Crippen LogP contribution in [0.5, 0.6) is 0 Å². The fraction of sp³-hybridized carbons (Fsp3) is 0.143. The number of hydrogen-bond acceptors (Lipinski definition) is 12. The zero-order chi connectivity index (χ0) is 30.7. The van der Waals surface area contributed by atoms with Crippen LogP contribution in [-0.4, -0.2) is 69.7 Å². The summed E-state index contributed by atoms with van der Waals surface area (Å²) in [5.41, 5.74) is 4.94. The number of para-hydroxylation sites is 2. The van der Waals surface area contributed by atoms with Crippen LogP contribution in [0.4, 0.5) is 45.8 Å². The smallest absolute Gasteiger partial charge is 0.243 e. The van der Waals surface area contributed by atoms with Crippen LogP contribution in [0.2, 0.25) is 0 Å². The molecule has 44 heavy (non-hydrogen) atoms. The Labute approximate surface area is 250 Å². The maximum Gasteiger partial charge on any atom is 0.243 e. The highest BCUT2D eigenvalue weighted by Crippen LogP contribution is 2.23. The first-order chi connectivity index (χ1) is 21.4. The molecular weight excluding hydrogens is 568 g/mol. The number of rotatable bonds is 0. The molecule has 8 N–H and O–H groups in total. The van der Waals surface area contributed by atoms with E-state index in [4.69, 9.17) is 0 Å². The molecule has 0 radical (unpaired) electrons. The number of amides is 4. The molecule has 1 aromatic carbocycles. The summed E-state index contributed by atoms with van der Waals surface area (Å²) >= 11 is 0. The van der Waals surface area contributed by atoms with Crippen molar-refractivity contribution in [2.24, 2.45) is 0 Å². The largest absolute Gasteiger partial charge is 0.374 e. The Hall–Kier alpha value is -6.32. The molecule has 0 atom stereocenters. The molecule has 0 spiro atoms. The third-order valence-electron chi connectivity index (χ3n) is 6.08. The van der Waals surface area contributed by atoms with Crippen LogP contribution in [0.1, 0.15) is 0 Å². The minimum absolute atomic E-state index is 0.0173. The number of benzene rings is 1. The summed E-state index contributed by atoms with van der Waals surface area (Å²) < 4.78 is 0. The van der Waals surface area contributed by atoms with Crippen molar-refractivity contribution in [3.8, 4) is 0 Å². The van der Waals surface area contributed by atoms with Gasteiger partial charge in [-0.1, -0.05) is 12.1 Å². The molecule has 0 saturated carbocycles. The second-order valence-corrected chi connectivity index (χ2v) is 9.26. The number of carbonyl (C=O) groups excluding carboxylic acids is 4. The highest BCUT2D eigenvalue weighted by Gasteiger charge is 2.15. The normalized spacial score (nSPS) is 14.7. The van der Waals surface area contributed by atoms with Gasteiger partial charge < -0.3 is 42.5 Å². The van der Waals surface area contributed by atoms with Crippen molar-refractivity contribution in [3.05, 3.63) is 73.6 Å². The molecule has 4 amide bonds. The number of pyridine rings is 2. The molecule has 8 rings (SSSR count). The van der Waals surface area contributed by atoms with E-state index in [1.807, 2.05) is 36.4 Å². The number of hydrogen-bond donors (Lipinski definition) is 8. The number of nitrogens with one attached hydrogen (secondary N) is 8. The Morgan fingerprint density at radius 1 is 0.455 bits per heavy atom. The molecule has 0 unspecified atom stereocenters. The van der Waals surface area contributed by atoms with E-state index in [1.165, 1.54) is 6.33 Å². The van der Waals surface area contributed by atoms with Crippen LogP contribution in [0, 0.1) is 0 Å². The lowest BCUT2D eigenvalue weighted by molar-refractivity contribution is -0.115. The van der Waals surface area contributed by atoms with Crippen molar-refractivity contribution in [2.45, 2.75) is 0 Å². The first-order valence-electron chi connectivity index (χ1n) is 13.4. The maximum atomic E-state index is 10.9. The first kappa shape index (κ1) is 29.2. The van der Waals surface area contributed by atoms with Crippen molar-refractivity contribution >= 4 is 69.4 Å². The molecule has 16 heteroatoms. The molecule has 3 aromatic heterocycles. The van der Waals surface area contributed by atoms with Gasteiger partial charge in [-0.2, -0.15) is 0 Å². The summed E-state index contributed by atoms with van der Waals surface area (Å²) in [5, 5.41) is 22.5. The van der Waals surface area contributed by atoms with Crippen molar-refractivity contribution in [1.82, 2.24) is 19.9 Å². The molecule has 4 aromatic rings. The first-order valence-corrected chi connectivity index (χ1v) is 13.4. The molecule has 4 aliphatic rings. The third kappa shape index (κ3) is 7.90. The van der Waals surface area contributed by atoms with Crippen molar-refractivity contribution in [2.75, 3.05) is 68.7 Å². The SMILES string of the molecule is O=C1CNc2ccccc2N1.O=C1CNc2ccncc2N1.O=C1CNc2ncccc2N1.O=C1CNc2ncncc2N1. The highest BCUT2D eigenvalue weighted by atomic mass is 16.2. The zero-order valence-electron chi connectivity index (χ0n) is 23.2. The summed E-state index contributed by atoms with van der Waals surface area (Å²) in [7, 11) is 0. The van der Waals surface area contributed by atoms with Gasteiger partial charge in [0.2, 0.25) is 23.6 Å². The molecule has 224 valence electrons. The van der Waals surface area contributed by atoms with Gasteiger partial charge in [0, 0.05) is 12.4 Å². The lowest BCUT2D eigenvalue weighted by Gasteiger charge is -2.17. The number of fused-ring (bicyclic) bond motifs is 4. The fourth-order valence-corrected chi connectivity index (χ4v) is 4.06. The Morgan fingerprint density at radius 3 is 1.70 bits per heavy atom. The van der Waals surface area contributed by atoms with Crippen LogP contribution in [-0.2, 0) is 19.2 Å². The van der Waals surface area contributed by atoms with Gasteiger partial charge in [-0.15, -0.1) is 0 Å². The maximum absolute atomic E-state index is 10.9. The van der Waals surface area contributed by atoms with E-state index in [0.717, 1.165) is 34.3 Å². The summed E-state index contributed by atoms with van der Waals surface area (Å²) in [6.45, 7) is 1.31. The van der Waals surface area contributed by atoms with Crippen LogP contribution in [0.3, 0.4) is 0 Å². The van der Waals surface area contributed by atoms with Crippen molar-refractivity contribution in [3.63, 3.8) is 0 Å². The van der Waals surface area contributed by atoms with Gasteiger partial charge in [0.25, 0.3) is 0 Å². The minimum atomic E-state index is -0.0627. The topological polar surface area (TPSA) is 216 Å². The Kier molecular flexibility index (Phi) is 9.31. The molecule has 0 aliphatic carbocycles. The second-order valence-electron chi connectivity index (χ2n) is 9.26. The van der Waals surface area contributed by atoms with Gasteiger partial charge in [0.15, 0.2) is 5.82 Å². The van der Waals surface area contributed by atoms with E-state index in [1.54, 1.807) is 30.9 Å². The standard InChI is InChI=1S/C8H8N2O.2C7H7N3O.C6H6N4O/c11-8-5-9-6-3-1-2-4-7(6)10-8;11-7-4-9-5-1-2-8-3-6(5)10-7;11-6-4-9-7-5(10-6)2-1-3-8-7;11-5-2-8-6-4(10-5)1-7-3-9-6/h1-4,9H,5H2,(H,10,11);1-3,9H,4H2,(H,10,11);1-3H,4H2,(H,8,9)(H,10,11);1,3H,2H2,(H,10,11)(H,7,8,9). The zero-order valence-corrected chi connectivity index (χ0v) is 23.2. The molecular formula is C28H28N12O4. The average molecular weight is 597 g/mol. The molecule has 0 bridgehead atoms. The minimum Gasteiger partial charge on any atom is -0.374 e. The van der Waals surface area contributed by atoms with Gasteiger partial charge in [-0.3, -0.25) is 24.2 Å². The summed E-state index contributed by atoms with van der Waals surface area (Å²) in [6.07, 6.45) is 7.99. The highest BCUT2D eigenvalue weighted by molar-refractivity contribution is 6.01. The number of carbonyl (C=O) groups is 4. The van der Waals surface area contributed by atoms with Crippen LogP contribution >= 0.6 is 0 Å². The number of anilines is 8. The Morgan fingerprint density at radius 2 is 0.977 bits per heavy atom. The van der Waals surface area contributed by atoms with Gasteiger partial charge in [-0.05, 0) is 30.3 Å². The van der Waals surface area contributed by atoms with Gasteiger partial charge >= 0.3 is 0 Å². The van der Waals surface area contributed by atoms with Crippen LogP contribution < -0.4 is 42.5 Å². The molecule has 0 saturated heterocycles. The lowest BCUT2D eigenvalue weighted by atomic mass is 10.2.